The number of ketones is 1. The van der Waals surface area contributed by atoms with Crippen LogP contribution in [0.5, 0.6) is 0 Å². The third-order valence-corrected chi connectivity index (χ3v) is 8.38. The highest BCUT2D eigenvalue weighted by molar-refractivity contribution is 5.96. The van der Waals surface area contributed by atoms with Crippen molar-refractivity contribution in [1.29, 1.82) is 0 Å². The van der Waals surface area contributed by atoms with Gasteiger partial charge in [0.1, 0.15) is 23.4 Å². The Labute approximate surface area is 292 Å². The van der Waals surface area contributed by atoms with Crippen LogP contribution < -0.4 is 0 Å². The zero-order chi connectivity index (χ0) is 35.6. The van der Waals surface area contributed by atoms with Gasteiger partial charge in [-0.2, -0.15) is 0 Å². The molecule has 258 valence electrons. The summed E-state index contributed by atoms with van der Waals surface area (Å²) in [6.45, 7) is 13.6. The predicted octanol–water partition coefficient (Wildman–Crippen LogP) is 9.42. The summed E-state index contributed by atoms with van der Waals surface area (Å²) >= 11 is 0. The lowest BCUT2D eigenvalue weighted by Crippen LogP contribution is -2.43. The molecule has 0 unspecified atom stereocenters. The Hall–Kier alpha value is -4.55. The van der Waals surface area contributed by atoms with Crippen LogP contribution in [0.25, 0.3) is 0 Å². The van der Waals surface area contributed by atoms with E-state index in [4.69, 9.17) is 9.47 Å². The van der Waals surface area contributed by atoms with Crippen molar-refractivity contribution >= 4 is 17.7 Å². The summed E-state index contributed by atoms with van der Waals surface area (Å²) in [4.78, 5) is 43.9. The zero-order valence-electron chi connectivity index (χ0n) is 30.0. The summed E-state index contributed by atoms with van der Waals surface area (Å²) in [5.41, 5.74) is 2.43. The average Bonchev–Trinajstić information content (AvgIpc) is 3.05. The molecule has 0 N–H and O–H groups in total. The van der Waals surface area contributed by atoms with E-state index in [0.717, 1.165) is 22.3 Å². The number of Topliss-reactive ketones (excluding diaryl/α,β-unsaturated/α-hetero) is 1. The van der Waals surface area contributed by atoms with Crippen LogP contribution in [0.3, 0.4) is 0 Å². The molecule has 0 heterocycles. The van der Waals surface area contributed by atoms with Crippen molar-refractivity contribution in [2.75, 3.05) is 0 Å². The van der Waals surface area contributed by atoms with E-state index in [0.29, 0.717) is 6.54 Å². The van der Waals surface area contributed by atoms with Gasteiger partial charge < -0.3 is 9.47 Å². The lowest BCUT2D eigenvalue weighted by Gasteiger charge is -2.43. The monoisotopic (exact) mass is 661 g/mol. The molecule has 0 amide bonds. The third kappa shape index (κ3) is 11.3. The summed E-state index contributed by atoms with van der Waals surface area (Å²) in [5.74, 6) is -2.73. The molecule has 6 heteroatoms. The Morgan fingerprint density at radius 1 is 0.612 bits per heavy atom. The van der Waals surface area contributed by atoms with Gasteiger partial charge in [-0.05, 0) is 70.7 Å². The van der Waals surface area contributed by atoms with Crippen molar-refractivity contribution < 1.29 is 23.9 Å². The molecule has 0 aliphatic carbocycles. The lowest BCUT2D eigenvalue weighted by atomic mass is 9.74. The van der Waals surface area contributed by atoms with E-state index in [2.05, 4.69) is 36.1 Å². The number of ether oxygens (including phenoxy) is 2. The molecule has 0 saturated heterocycles. The number of esters is 2. The van der Waals surface area contributed by atoms with Crippen molar-refractivity contribution in [3.63, 3.8) is 0 Å². The van der Waals surface area contributed by atoms with Gasteiger partial charge in [0.15, 0.2) is 0 Å². The molecular weight excluding hydrogens is 610 g/mol. The minimum Gasteiger partial charge on any atom is -0.460 e. The fraction of sp³-hybridized carbons (Fsp3) is 0.372. The first kappa shape index (κ1) is 37.3. The van der Waals surface area contributed by atoms with E-state index < -0.39 is 41.0 Å². The number of hydrogen-bond donors (Lipinski definition) is 0. The Morgan fingerprint density at radius 2 is 1.06 bits per heavy atom. The standard InChI is InChI=1S/C43H51NO5/c1-31(33-22-14-9-15-23-33)44(30-32-20-12-8-13-21-32)40(35-26-18-11-19-27-35)39(41(47)49-43(5,6)7)37(34-24-16-10-17-25-34)28-36(45)29-38(46)48-42(2,3)4/h8-27,31,37,39-40H,28-30H2,1-7H3/t31-,37+,39-,40-/m0/s1. The largest absolute Gasteiger partial charge is 0.460 e. The fourth-order valence-corrected chi connectivity index (χ4v) is 6.34. The molecule has 0 spiro atoms. The minimum atomic E-state index is -0.832. The molecular formula is C43H51NO5. The molecule has 49 heavy (non-hydrogen) atoms. The molecule has 0 radical (unpaired) electrons. The van der Waals surface area contributed by atoms with Crippen LogP contribution in [0, 0.1) is 5.92 Å². The third-order valence-electron chi connectivity index (χ3n) is 8.38. The van der Waals surface area contributed by atoms with Crippen molar-refractivity contribution in [1.82, 2.24) is 4.90 Å². The Bertz CT molecular complexity index is 1630. The predicted molar refractivity (Wildman–Crippen MR) is 195 cm³/mol. The molecule has 0 fully saturated rings. The summed E-state index contributed by atoms with van der Waals surface area (Å²) < 4.78 is 11.8. The van der Waals surface area contributed by atoms with Gasteiger partial charge >= 0.3 is 11.9 Å². The van der Waals surface area contributed by atoms with Gasteiger partial charge in [-0.1, -0.05) is 121 Å². The minimum absolute atomic E-state index is 0.0462. The number of carbonyl (C=O) groups excluding carboxylic acids is 3. The molecule has 4 aromatic rings. The molecule has 0 aliphatic rings. The van der Waals surface area contributed by atoms with E-state index in [9.17, 15) is 14.4 Å². The smallest absolute Gasteiger partial charge is 0.313 e. The highest BCUT2D eigenvalue weighted by atomic mass is 16.6. The van der Waals surface area contributed by atoms with E-state index in [1.165, 1.54) is 0 Å². The highest BCUT2D eigenvalue weighted by Gasteiger charge is 2.44. The van der Waals surface area contributed by atoms with E-state index in [-0.39, 0.29) is 24.7 Å². The number of rotatable bonds is 14. The number of hydrogen-bond acceptors (Lipinski definition) is 6. The van der Waals surface area contributed by atoms with Crippen molar-refractivity contribution in [2.24, 2.45) is 5.92 Å². The van der Waals surface area contributed by atoms with Crippen LogP contribution in [0.1, 0.15) is 102 Å². The Morgan fingerprint density at radius 3 is 1.55 bits per heavy atom. The number of carbonyl (C=O) groups is 3. The SMILES string of the molecule is C[C@@H](c1ccccc1)N(Cc1ccccc1)[C@@H](c1ccccc1)[C@@H](C(=O)OC(C)(C)C)[C@H](CC(=O)CC(=O)OC(C)(C)C)c1ccccc1. The highest BCUT2D eigenvalue weighted by Crippen LogP contribution is 2.45. The first-order valence-electron chi connectivity index (χ1n) is 17.1. The molecule has 6 nitrogen and oxygen atoms in total. The van der Waals surface area contributed by atoms with Crippen LogP contribution in [0.15, 0.2) is 121 Å². The van der Waals surface area contributed by atoms with Gasteiger partial charge in [-0.15, -0.1) is 0 Å². The average molecular weight is 662 g/mol. The van der Waals surface area contributed by atoms with E-state index in [1.54, 1.807) is 20.8 Å². The molecule has 4 rings (SSSR count). The normalized spacial score (nSPS) is 14.4. The second-order valence-corrected chi connectivity index (χ2v) is 14.7. The summed E-state index contributed by atoms with van der Waals surface area (Å²) in [6.07, 6.45) is -0.429. The van der Waals surface area contributed by atoms with Gasteiger partial charge in [0.25, 0.3) is 0 Å². The Kier molecular flexibility index (Phi) is 12.7. The summed E-state index contributed by atoms with van der Waals surface area (Å²) in [7, 11) is 0. The van der Waals surface area contributed by atoms with Crippen LogP contribution in [0.4, 0.5) is 0 Å². The summed E-state index contributed by atoms with van der Waals surface area (Å²) in [6, 6.07) is 39.5. The van der Waals surface area contributed by atoms with E-state index >= 15 is 0 Å². The number of nitrogens with zero attached hydrogens (tertiary/aromatic N) is 1. The van der Waals surface area contributed by atoms with Crippen LogP contribution in [0.2, 0.25) is 0 Å². The molecule has 0 aliphatic heterocycles. The molecule has 4 aromatic carbocycles. The van der Waals surface area contributed by atoms with Crippen molar-refractivity contribution in [3.05, 3.63) is 144 Å². The first-order chi connectivity index (χ1) is 23.2. The van der Waals surface area contributed by atoms with E-state index in [1.807, 2.05) is 118 Å². The molecule has 0 aromatic heterocycles. The topological polar surface area (TPSA) is 72.9 Å². The van der Waals surface area contributed by atoms with Gasteiger partial charge in [0.2, 0.25) is 0 Å². The second-order valence-electron chi connectivity index (χ2n) is 14.7. The van der Waals surface area contributed by atoms with Gasteiger partial charge in [0.05, 0.1) is 5.92 Å². The second kappa shape index (κ2) is 16.7. The van der Waals surface area contributed by atoms with Crippen LogP contribution in [-0.4, -0.2) is 33.8 Å². The fourth-order valence-electron chi connectivity index (χ4n) is 6.34. The first-order valence-corrected chi connectivity index (χ1v) is 17.1. The lowest BCUT2D eigenvalue weighted by molar-refractivity contribution is -0.165. The van der Waals surface area contributed by atoms with Crippen LogP contribution >= 0.6 is 0 Å². The maximum absolute atomic E-state index is 14.8. The van der Waals surface area contributed by atoms with Gasteiger partial charge in [-0.25, -0.2) is 0 Å². The maximum Gasteiger partial charge on any atom is 0.313 e. The number of benzene rings is 4. The molecule has 4 atom stereocenters. The van der Waals surface area contributed by atoms with Crippen molar-refractivity contribution in [2.45, 2.75) is 97.1 Å². The molecule has 0 saturated carbocycles. The summed E-state index contributed by atoms with van der Waals surface area (Å²) in [5, 5.41) is 0. The van der Waals surface area contributed by atoms with Gasteiger partial charge in [0, 0.05) is 31.0 Å². The Balaban J connectivity index is 1.94. The van der Waals surface area contributed by atoms with Crippen molar-refractivity contribution in [3.8, 4) is 0 Å². The molecule has 0 bridgehead atoms. The maximum atomic E-state index is 14.8. The zero-order valence-corrected chi connectivity index (χ0v) is 30.0. The van der Waals surface area contributed by atoms with Gasteiger partial charge in [-0.3, -0.25) is 19.3 Å². The quantitative estimate of drug-likeness (QED) is 0.0991. The van der Waals surface area contributed by atoms with Crippen LogP contribution in [-0.2, 0) is 30.4 Å².